The van der Waals surface area contributed by atoms with E-state index in [1.807, 2.05) is 0 Å². The molecule has 2 heterocycles. The summed E-state index contributed by atoms with van der Waals surface area (Å²) in [5.74, 6) is 0. The molecule has 0 saturated carbocycles. The smallest absolute Gasteiger partial charge is 0.0488 e. The van der Waals surface area contributed by atoms with Gasteiger partial charge in [0.15, 0.2) is 0 Å². The summed E-state index contributed by atoms with van der Waals surface area (Å²) in [7, 11) is 0. The number of aryl methyl sites for hydroxylation is 1. The van der Waals surface area contributed by atoms with E-state index >= 15 is 0 Å². The lowest BCUT2D eigenvalue weighted by Gasteiger charge is -2.02. The quantitative estimate of drug-likeness (QED) is 0.592. The summed E-state index contributed by atoms with van der Waals surface area (Å²) in [5.41, 5.74) is 5.71. The third-order valence-electron chi connectivity index (χ3n) is 3.94. The molecule has 0 saturated heterocycles. The van der Waals surface area contributed by atoms with Crippen molar-refractivity contribution in [3.8, 4) is 11.1 Å². The first-order chi connectivity index (χ1) is 8.95. The standard InChI is InChI=1S/C17H15N/c1-2-7-13(8-3-1)17-14-9-4-5-10-15(14)18-12-6-11-16(17)18/h1-5,7-10H,6,11-12H2. The van der Waals surface area contributed by atoms with Gasteiger partial charge in [-0.05, 0) is 24.5 Å². The largest absolute Gasteiger partial charge is 0.344 e. The van der Waals surface area contributed by atoms with Crippen LogP contribution in [0.25, 0.3) is 22.0 Å². The van der Waals surface area contributed by atoms with Gasteiger partial charge in [-0.15, -0.1) is 0 Å². The normalized spacial score (nSPS) is 14.0. The Morgan fingerprint density at radius 3 is 2.50 bits per heavy atom. The number of rotatable bonds is 1. The summed E-state index contributed by atoms with van der Waals surface area (Å²) in [6, 6.07) is 19.6. The SMILES string of the molecule is c1ccc(-c2c3n(c4ccccc24)CCC3)cc1. The van der Waals surface area contributed by atoms with Crippen molar-refractivity contribution in [2.45, 2.75) is 19.4 Å². The van der Waals surface area contributed by atoms with Gasteiger partial charge in [-0.25, -0.2) is 0 Å². The second-order valence-electron chi connectivity index (χ2n) is 4.96. The Labute approximate surface area is 107 Å². The van der Waals surface area contributed by atoms with Crippen LogP contribution < -0.4 is 0 Å². The number of aromatic nitrogens is 1. The van der Waals surface area contributed by atoms with E-state index < -0.39 is 0 Å². The van der Waals surface area contributed by atoms with Crippen LogP contribution in [-0.4, -0.2) is 4.57 Å². The molecule has 1 aliphatic heterocycles. The van der Waals surface area contributed by atoms with Gasteiger partial charge in [0.05, 0.1) is 0 Å². The molecule has 1 heteroatoms. The lowest BCUT2D eigenvalue weighted by atomic mass is 10.0. The summed E-state index contributed by atoms with van der Waals surface area (Å²) < 4.78 is 2.50. The van der Waals surface area contributed by atoms with Crippen LogP contribution in [0, 0.1) is 0 Å². The molecular formula is C17H15N. The van der Waals surface area contributed by atoms with Crippen LogP contribution in [-0.2, 0) is 13.0 Å². The molecule has 0 amide bonds. The first-order valence-corrected chi connectivity index (χ1v) is 6.61. The highest BCUT2D eigenvalue weighted by atomic mass is 15.0. The van der Waals surface area contributed by atoms with E-state index in [-0.39, 0.29) is 0 Å². The molecule has 2 aromatic carbocycles. The maximum Gasteiger partial charge on any atom is 0.0488 e. The Morgan fingerprint density at radius 2 is 1.61 bits per heavy atom. The van der Waals surface area contributed by atoms with Crippen molar-refractivity contribution in [2.24, 2.45) is 0 Å². The highest BCUT2D eigenvalue weighted by Gasteiger charge is 2.21. The summed E-state index contributed by atoms with van der Waals surface area (Å²) in [5, 5.41) is 1.40. The molecule has 0 spiro atoms. The predicted octanol–water partition coefficient (Wildman–Crippen LogP) is 4.25. The Bertz CT molecular complexity index is 707. The average Bonchev–Trinajstić information content (AvgIpc) is 2.99. The molecule has 1 nitrogen and oxygen atoms in total. The first kappa shape index (κ1) is 9.95. The van der Waals surface area contributed by atoms with E-state index in [1.54, 1.807) is 0 Å². The topological polar surface area (TPSA) is 4.93 Å². The fourth-order valence-electron chi connectivity index (χ4n) is 3.20. The zero-order valence-electron chi connectivity index (χ0n) is 10.3. The minimum absolute atomic E-state index is 1.17. The molecule has 0 N–H and O–H groups in total. The maximum atomic E-state index is 2.50. The molecule has 1 aromatic heterocycles. The van der Waals surface area contributed by atoms with E-state index in [2.05, 4.69) is 59.2 Å². The van der Waals surface area contributed by atoms with Crippen LogP contribution in [0.1, 0.15) is 12.1 Å². The number of hydrogen-bond donors (Lipinski definition) is 0. The first-order valence-electron chi connectivity index (χ1n) is 6.61. The molecule has 18 heavy (non-hydrogen) atoms. The summed E-state index contributed by atoms with van der Waals surface area (Å²) in [6.07, 6.45) is 2.49. The number of fused-ring (bicyclic) bond motifs is 3. The van der Waals surface area contributed by atoms with Gasteiger partial charge in [-0.2, -0.15) is 0 Å². The number of nitrogens with zero attached hydrogens (tertiary/aromatic N) is 1. The average molecular weight is 233 g/mol. The second kappa shape index (κ2) is 3.74. The van der Waals surface area contributed by atoms with Gasteiger partial charge in [0.1, 0.15) is 0 Å². The van der Waals surface area contributed by atoms with Crippen molar-refractivity contribution in [1.82, 2.24) is 4.57 Å². The van der Waals surface area contributed by atoms with Gasteiger partial charge < -0.3 is 4.57 Å². The van der Waals surface area contributed by atoms with Crippen molar-refractivity contribution in [2.75, 3.05) is 0 Å². The number of para-hydroxylation sites is 1. The highest BCUT2D eigenvalue weighted by Crippen LogP contribution is 2.38. The van der Waals surface area contributed by atoms with Crippen LogP contribution in [0.15, 0.2) is 54.6 Å². The Balaban J connectivity index is 2.11. The van der Waals surface area contributed by atoms with Crippen molar-refractivity contribution in [3.05, 3.63) is 60.3 Å². The Morgan fingerprint density at radius 1 is 0.833 bits per heavy atom. The Hall–Kier alpha value is -2.02. The molecule has 0 unspecified atom stereocenters. The van der Waals surface area contributed by atoms with Gasteiger partial charge in [-0.1, -0.05) is 48.5 Å². The van der Waals surface area contributed by atoms with Crippen LogP contribution in [0.5, 0.6) is 0 Å². The predicted molar refractivity (Wildman–Crippen MR) is 75.7 cm³/mol. The zero-order chi connectivity index (χ0) is 11.9. The van der Waals surface area contributed by atoms with Gasteiger partial charge >= 0.3 is 0 Å². The molecule has 0 radical (unpaired) electrons. The molecule has 0 fully saturated rings. The van der Waals surface area contributed by atoms with E-state index in [1.165, 1.54) is 47.1 Å². The van der Waals surface area contributed by atoms with Gasteiger partial charge in [-0.3, -0.25) is 0 Å². The van der Waals surface area contributed by atoms with Crippen LogP contribution >= 0.6 is 0 Å². The fourth-order valence-corrected chi connectivity index (χ4v) is 3.20. The van der Waals surface area contributed by atoms with Crippen molar-refractivity contribution in [1.29, 1.82) is 0 Å². The highest BCUT2D eigenvalue weighted by molar-refractivity contribution is 5.98. The van der Waals surface area contributed by atoms with E-state index in [0.717, 1.165) is 0 Å². The van der Waals surface area contributed by atoms with Crippen molar-refractivity contribution < 1.29 is 0 Å². The molecule has 0 atom stereocenters. The fraction of sp³-hybridized carbons (Fsp3) is 0.176. The second-order valence-corrected chi connectivity index (χ2v) is 4.96. The third kappa shape index (κ3) is 1.28. The molecule has 0 bridgehead atoms. The Kier molecular flexibility index (Phi) is 2.07. The minimum atomic E-state index is 1.17. The van der Waals surface area contributed by atoms with E-state index in [4.69, 9.17) is 0 Å². The van der Waals surface area contributed by atoms with Crippen molar-refractivity contribution >= 4 is 10.9 Å². The minimum Gasteiger partial charge on any atom is -0.344 e. The van der Waals surface area contributed by atoms with Gasteiger partial charge in [0.2, 0.25) is 0 Å². The van der Waals surface area contributed by atoms with Gasteiger partial charge in [0, 0.05) is 28.7 Å². The lowest BCUT2D eigenvalue weighted by molar-refractivity contribution is 0.772. The molecule has 1 aliphatic rings. The van der Waals surface area contributed by atoms with E-state index in [0.29, 0.717) is 0 Å². The van der Waals surface area contributed by atoms with Crippen LogP contribution in [0.3, 0.4) is 0 Å². The summed E-state index contributed by atoms with van der Waals surface area (Å²) >= 11 is 0. The molecular weight excluding hydrogens is 218 g/mol. The van der Waals surface area contributed by atoms with Crippen molar-refractivity contribution in [3.63, 3.8) is 0 Å². The van der Waals surface area contributed by atoms with Crippen LogP contribution in [0.2, 0.25) is 0 Å². The number of hydrogen-bond acceptors (Lipinski definition) is 0. The van der Waals surface area contributed by atoms with E-state index in [9.17, 15) is 0 Å². The van der Waals surface area contributed by atoms with Crippen LogP contribution in [0.4, 0.5) is 0 Å². The molecule has 3 aromatic rings. The molecule has 0 aliphatic carbocycles. The monoisotopic (exact) mass is 233 g/mol. The number of benzene rings is 2. The summed E-state index contributed by atoms with van der Waals surface area (Å²) in [4.78, 5) is 0. The zero-order valence-corrected chi connectivity index (χ0v) is 10.3. The third-order valence-corrected chi connectivity index (χ3v) is 3.94. The maximum absolute atomic E-state index is 2.50. The molecule has 4 rings (SSSR count). The lowest BCUT2D eigenvalue weighted by Crippen LogP contribution is -1.90. The molecule has 88 valence electrons. The van der Waals surface area contributed by atoms with Gasteiger partial charge in [0.25, 0.3) is 0 Å². The summed E-state index contributed by atoms with van der Waals surface area (Å²) in [6.45, 7) is 1.17.